The molecule has 3 atom stereocenters. The summed E-state index contributed by atoms with van der Waals surface area (Å²) < 4.78 is 26.9. The number of unbranched alkanes of at least 4 members (excludes halogenated alkanes) is 3. The van der Waals surface area contributed by atoms with Crippen molar-refractivity contribution >= 4 is 7.82 Å². The zero-order chi connectivity index (χ0) is 14.8. The van der Waals surface area contributed by atoms with Gasteiger partial charge in [-0.05, 0) is 19.4 Å². The molecule has 120 valence electrons. The van der Waals surface area contributed by atoms with E-state index in [0.29, 0.717) is 26.0 Å². The third-order valence-electron chi connectivity index (χ3n) is 3.01. The molecule has 1 saturated heterocycles. The molecule has 4 N–H and O–H groups in total. The molecule has 1 heterocycles. The van der Waals surface area contributed by atoms with Gasteiger partial charge < -0.3 is 15.4 Å². The van der Waals surface area contributed by atoms with E-state index in [9.17, 15) is 9.46 Å². The fourth-order valence-electron chi connectivity index (χ4n) is 1.96. The van der Waals surface area contributed by atoms with Crippen molar-refractivity contribution in [3.05, 3.63) is 0 Å². The Morgan fingerprint density at radius 2 is 2.05 bits per heavy atom. The molecule has 0 spiro atoms. The van der Waals surface area contributed by atoms with Crippen LogP contribution in [0.2, 0.25) is 0 Å². The Kier molecular flexibility index (Phi) is 8.83. The van der Waals surface area contributed by atoms with Crippen LogP contribution in [0.25, 0.3) is 0 Å². The second-order valence-corrected chi connectivity index (χ2v) is 6.05. The first-order valence-corrected chi connectivity index (χ1v) is 8.32. The summed E-state index contributed by atoms with van der Waals surface area (Å²) in [5, 5.41) is 8.38. The Labute approximate surface area is 118 Å². The Bertz CT molecular complexity index is 304. The number of ether oxygens (including phenoxy) is 1. The minimum atomic E-state index is -4.10. The van der Waals surface area contributed by atoms with Crippen molar-refractivity contribution < 1.29 is 33.4 Å². The summed E-state index contributed by atoms with van der Waals surface area (Å²) in [6.45, 7) is 1.09. The smallest absolute Gasteiger partial charge is 0.373 e. The van der Waals surface area contributed by atoms with Crippen molar-refractivity contribution in [2.45, 2.75) is 44.3 Å². The van der Waals surface area contributed by atoms with Crippen LogP contribution in [0.3, 0.4) is 0 Å². The van der Waals surface area contributed by atoms with Gasteiger partial charge in [-0.3, -0.25) is 14.3 Å². The summed E-state index contributed by atoms with van der Waals surface area (Å²) in [6, 6.07) is 0. The first kappa shape index (κ1) is 18.0. The summed E-state index contributed by atoms with van der Waals surface area (Å²) in [5.74, 6) is 0. The second-order valence-electron chi connectivity index (χ2n) is 4.64. The van der Waals surface area contributed by atoms with Gasteiger partial charge in [-0.2, -0.15) is 0 Å². The molecule has 9 heteroatoms. The highest BCUT2D eigenvalue weighted by Gasteiger charge is 2.36. The second kappa shape index (κ2) is 9.81. The molecule has 0 saturated carbocycles. The monoisotopic (exact) mass is 313 g/mol. The lowest BCUT2D eigenvalue weighted by molar-refractivity contribution is -0.261. The van der Waals surface area contributed by atoms with Crippen molar-refractivity contribution in [2.75, 3.05) is 26.4 Å². The fraction of sp³-hybridized carbons (Fsp3) is 1.00. The summed E-state index contributed by atoms with van der Waals surface area (Å²) in [7, 11) is -4.10. The van der Waals surface area contributed by atoms with Crippen LogP contribution in [0, 0.1) is 0 Å². The van der Waals surface area contributed by atoms with E-state index < -0.39 is 20.0 Å². The molecule has 0 aromatic carbocycles. The molecule has 0 aliphatic carbocycles. The molecule has 0 radical (unpaired) electrons. The average molecular weight is 313 g/mol. The highest BCUT2D eigenvalue weighted by molar-refractivity contribution is 7.47. The van der Waals surface area contributed by atoms with Gasteiger partial charge in [0.2, 0.25) is 0 Å². The van der Waals surface area contributed by atoms with Crippen LogP contribution in [0.5, 0.6) is 0 Å². The Hall–Kier alpha value is -0.0500. The summed E-state index contributed by atoms with van der Waals surface area (Å²) >= 11 is 0. The highest BCUT2D eigenvalue weighted by atomic mass is 31.2. The van der Waals surface area contributed by atoms with Crippen molar-refractivity contribution in [2.24, 2.45) is 5.73 Å². The van der Waals surface area contributed by atoms with Gasteiger partial charge in [0.25, 0.3) is 0 Å². The van der Waals surface area contributed by atoms with E-state index in [-0.39, 0.29) is 13.2 Å². The van der Waals surface area contributed by atoms with E-state index >= 15 is 0 Å². The van der Waals surface area contributed by atoms with Crippen LogP contribution in [0.15, 0.2) is 0 Å². The Balaban J connectivity index is 2.21. The van der Waals surface area contributed by atoms with Crippen LogP contribution >= 0.6 is 7.82 Å². The highest BCUT2D eigenvalue weighted by Crippen LogP contribution is 2.46. The average Bonchev–Trinajstić information content (AvgIpc) is 2.81. The van der Waals surface area contributed by atoms with E-state index in [1.165, 1.54) is 0 Å². The topological polar surface area (TPSA) is 120 Å². The van der Waals surface area contributed by atoms with Gasteiger partial charge in [0, 0.05) is 13.0 Å². The molecular formula is C11H24NO7P. The molecule has 0 bridgehead atoms. The molecule has 0 aromatic rings. The third kappa shape index (κ3) is 7.10. The number of phosphoric ester groups is 1. The van der Waals surface area contributed by atoms with Gasteiger partial charge in [-0.25, -0.2) is 9.45 Å². The minimum Gasteiger partial charge on any atom is -0.373 e. The fourth-order valence-corrected chi connectivity index (χ4v) is 2.96. The van der Waals surface area contributed by atoms with E-state index in [0.717, 1.165) is 19.3 Å². The maximum atomic E-state index is 11.7. The largest absolute Gasteiger partial charge is 0.472 e. The molecule has 0 amide bonds. The van der Waals surface area contributed by atoms with Gasteiger partial charge in [0.1, 0.15) is 18.8 Å². The molecule has 0 aromatic heterocycles. The van der Waals surface area contributed by atoms with Gasteiger partial charge in [0.15, 0.2) is 0 Å². The first-order chi connectivity index (χ1) is 9.59. The van der Waals surface area contributed by atoms with E-state index in [1.54, 1.807) is 0 Å². The van der Waals surface area contributed by atoms with Gasteiger partial charge in [-0.15, -0.1) is 0 Å². The van der Waals surface area contributed by atoms with Crippen LogP contribution < -0.4 is 5.73 Å². The number of hydrogen-bond acceptors (Lipinski definition) is 7. The van der Waals surface area contributed by atoms with Gasteiger partial charge >= 0.3 is 7.82 Å². The number of phosphoric acid groups is 1. The van der Waals surface area contributed by atoms with Gasteiger partial charge in [0.05, 0.1) is 6.61 Å². The Morgan fingerprint density at radius 3 is 2.75 bits per heavy atom. The maximum Gasteiger partial charge on any atom is 0.472 e. The van der Waals surface area contributed by atoms with Crippen molar-refractivity contribution in [1.82, 2.24) is 0 Å². The normalized spacial score (nSPS) is 25.8. The summed E-state index contributed by atoms with van der Waals surface area (Å²) in [6.07, 6.45) is 2.77. The molecule has 2 unspecified atom stereocenters. The molecule has 1 aliphatic heterocycles. The lowest BCUT2D eigenvalue weighted by Crippen LogP contribution is -2.28. The zero-order valence-electron chi connectivity index (χ0n) is 11.5. The predicted octanol–water partition coefficient (Wildman–Crippen LogP) is 1.29. The maximum absolute atomic E-state index is 11.7. The van der Waals surface area contributed by atoms with E-state index in [1.807, 2.05) is 0 Å². The van der Waals surface area contributed by atoms with Gasteiger partial charge in [-0.1, -0.05) is 12.8 Å². The summed E-state index contributed by atoms with van der Waals surface area (Å²) in [4.78, 5) is 13.6. The quantitative estimate of drug-likeness (QED) is 0.226. The van der Waals surface area contributed by atoms with Crippen LogP contribution in [-0.2, 0) is 23.2 Å². The lowest BCUT2D eigenvalue weighted by atomic mass is 10.2. The standard InChI is InChI=1S/C11H24NO7P/c12-6-3-1-2-4-7-18-20(14,15)19-10-5-8-16-11(10)9-17-13/h10-11,13H,1-9,12H2,(H,14,15)/t10?,11-/m1/s1. The summed E-state index contributed by atoms with van der Waals surface area (Å²) in [5.41, 5.74) is 5.37. The number of rotatable bonds is 11. The van der Waals surface area contributed by atoms with Crippen LogP contribution in [0.4, 0.5) is 0 Å². The minimum absolute atomic E-state index is 0.107. The molecule has 1 fully saturated rings. The van der Waals surface area contributed by atoms with Crippen LogP contribution in [0.1, 0.15) is 32.1 Å². The molecule has 8 nitrogen and oxygen atoms in total. The van der Waals surface area contributed by atoms with Crippen molar-refractivity contribution in [3.63, 3.8) is 0 Å². The number of hydrogen-bond donors (Lipinski definition) is 3. The SMILES string of the molecule is NCCCCCCOP(=O)(O)OC1CCO[C@@H]1COO. The molecule has 1 rings (SSSR count). The third-order valence-corrected chi connectivity index (χ3v) is 4.06. The molecular weight excluding hydrogens is 289 g/mol. The molecule has 20 heavy (non-hydrogen) atoms. The Morgan fingerprint density at radius 1 is 1.30 bits per heavy atom. The van der Waals surface area contributed by atoms with Crippen LogP contribution in [-0.4, -0.2) is 48.7 Å². The lowest BCUT2D eigenvalue weighted by Gasteiger charge is -2.20. The van der Waals surface area contributed by atoms with E-state index in [4.69, 9.17) is 24.8 Å². The first-order valence-electron chi connectivity index (χ1n) is 6.83. The molecule has 1 aliphatic rings. The predicted molar refractivity (Wildman–Crippen MR) is 71.1 cm³/mol. The van der Waals surface area contributed by atoms with Crippen molar-refractivity contribution in [3.8, 4) is 0 Å². The zero-order valence-corrected chi connectivity index (χ0v) is 12.4. The van der Waals surface area contributed by atoms with Crippen molar-refractivity contribution in [1.29, 1.82) is 0 Å². The van der Waals surface area contributed by atoms with E-state index in [2.05, 4.69) is 4.89 Å². The number of nitrogens with two attached hydrogens (primary N) is 1.